The fourth-order valence-electron chi connectivity index (χ4n) is 0.977. The smallest absolute Gasteiger partial charge is 0.0645 e. The van der Waals surface area contributed by atoms with Crippen LogP contribution in [-0.4, -0.2) is 4.98 Å². The van der Waals surface area contributed by atoms with Gasteiger partial charge in [0.2, 0.25) is 0 Å². The van der Waals surface area contributed by atoms with Gasteiger partial charge < -0.3 is 4.98 Å². The minimum atomic E-state index is 0.488. The molecule has 56 valence electrons. The number of halogens is 2. The molecule has 0 spiro atoms. The Morgan fingerprint density at radius 1 is 1.55 bits per heavy atom. The SMILES string of the molecule is [2H]c1c[nH]c2cc(Cl)c(Br)cc12. The van der Waals surface area contributed by atoms with Gasteiger partial charge in [0.05, 0.1) is 6.39 Å². The van der Waals surface area contributed by atoms with Crippen LogP contribution in [0.1, 0.15) is 1.37 Å². The van der Waals surface area contributed by atoms with Gasteiger partial charge in [0.15, 0.2) is 0 Å². The van der Waals surface area contributed by atoms with Gasteiger partial charge in [0.1, 0.15) is 0 Å². The molecule has 1 aromatic heterocycles. The molecule has 2 rings (SSSR count). The zero-order valence-corrected chi connectivity index (χ0v) is 7.83. The van der Waals surface area contributed by atoms with Gasteiger partial charge in [-0.05, 0) is 34.1 Å². The number of benzene rings is 1. The summed E-state index contributed by atoms with van der Waals surface area (Å²) in [5, 5.41) is 1.54. The second-order valence-electron chi connectivity index (χ2n) is 2.24. The van der Waals surface area contributed by atoms with Crippen LogP contribution in [0.3, 0.4) is 0 Å². The normalized spacial score (nSPS) is 12.0. The first kappa shape index (κ1) is 6.09. The summed E-state index contributed by atoms with van der Waals surface area (Å²) in [6.07, 6.45) is 1.65. The molecule has 1 aromatic carbocycles. The van der Waals surface area contributed by atoms with Gasteiger partial charge in [0, 0.05) is 21.6 Å². The summed E-state index contributed by atoms with van der Waals surface area (Å²) < 4.78 is 8.34. The number of hydrogen-bond acceptors (Lipinski definition) is 0. The van der Waals surface area contributed by atoms with Crippen LogP contribution >= 0.6 is 27.5 Å². The summed E-state index contributed by atoms with van der Waals surface area (Å²) in [6.45, 7) is 0. The lowest BCUT2D eigenvalue weighted by Crippen LogP contribution is -1.70. The standard InChI is InChI=1S/C8H5BrClN/c9-6-3-5-1-2-11-8(5)4-7(6)10/h1-4,11H/i1D. The van der Waals surface area contributed by atoms with Crippen molar-refractivity contribution in [2.75, 3.05) is 0 Å². The molecule has 0 saturated heterocycles. The van der Waals surface area contributed by atoms with E-state index in [0.29, 0.717) is 11.1 Å². The van der Waals surface area contributed by atoms with Crippen molar-refractivity contribution in [3.8, 4) is 0 Å². The third-order valence-electron chi connectivity index (χ3n) is 1.52. The van der Waals surface area contributed by atoms with Crippen LogP contribution < -0.4 is 0 Å². The average molecular weight is 231 g/mol. The van der Waals surface area contributed by atoms with Crippen LogP contribution in [0.15, 0.2) is 28.8 Å². The largest absolute Gasteiger partial charge is 0.361 e. The second-order valence-corrected chi connectivity index (χ2v) is 3.51. The summed E-state index contributed by atoms with van der Waals surface area (Å²) in [4.78, 5) is 2.96. The molecule has 3 heteroatoms. The molecule has 1 N–H and O–H groups in total. The lowest BCUT2D eigenvalue weighted by Gasteiger charge is -1.94. The third-order valence-corrected chi connectivity index (χ3v) is 2.71. The molecular formula is C8H5BrClN. The summed E-state index contributed by atoms with van der Waals surface area (Å²) in [5.74, 6) is 0. The lowest BCUT2D eigenvalue weighted by atomic mass is 10.2. The highest BCUT2D eigenvalue weighted by atomic mass is 79.9. The van der Waals surface area contributed by atoms with E-state index < -0.39 is 0 Å². The molecule has 0 radical (unpaired) electrons. The van der Waals surface area contributed by atoms with E-state index in [1.165, 1.54) is 0 Å². The van der Waals surface area contributed by atoms with E-state index >= 15 is 0 Å². The molecule has 1 heterocycles. The molecule has 11 heavy (non-hydrogen) atoms. The Balaban J connectivity index is 2.87. The minimum absolute atomic E-state index is 0.488. The van der Waals surface area contributed by atoms with Crippen LogP contribution in [-0.2, 0) is 0 Å². The first-order valence-electron chi connectivity index (χ1n) is 3.61. The zero-order valence-electron chi connectivity index (χ0n) is 6.49. The fourth-order valence-corrected chi connectivity index (χ4v) is 1.48. The molecule has 0 aliphatic carbocycles. The Bertz CT molecular complexity index is 438. The molecule has 2 aromatic rings. The topological polar surface area (TPSA) is 15.8 Å². The number of hydrogen-bond donors (Lipinski definition) is 1. The Labute approximate surface area is 78.9 Å². The van der Waals surface area contributed by atoms with Crippen LogP contribution in [0.4, 0.5) is 0 Å². The van der Waals surface area contributed by atoms with E-state index in [9.17, 15) is 0 Å². The van der Waals surface area contributed by atoms with Gasteiger partial charge in [-0.2, -0.15) is 0 Å². The average Bonchev–Trinajstić information content (AvgIpc) is 2.35. The van der Waals surface area contributed by atoms with Gasteiger partial charge in [-0.1, -0.05) is 11.6 Å². The van der Waals surface area contributed by atoms with Crippen molar-refractivity contribution in [1.82, 2.24) is 4.98 Å². The molecule has 0 aliphatic rings. The maximum atomic E-state index is 7.52. The Morgan fingerprint density at radius 2 is 2.36 bits per heavy atom. The van der Waals surface area contributed by atoms with E-state index in [4.69, 9.17) is 13.0 Å². The quantitative estimate of drug-likeness (QED) is 0.713. The van der Waals surface area contributed by atoms with Crippen molar-refractivity contribution in [2.45, 2.75) is 0 Å². The van der Waals surface area contributed by atoms with Gasteiger partial charge in [-0.3, -0.25) is 0 Å². The van der Waals surface area contributed by atoms with Crippen LogP contribution in [0.5, 0.6) is 0 Å². The minimum Gasteiger partial charge on any atom is -0.361 e. The number of aromatic amines is 1. The lowest BCUT2D eigenvalue weighted by molar-refractivity contribution is 1.48. The fraction of sp³-hybridized carbons (Fsp3) is 0. The van der Waals surface area contributed by atoms with Crippen LogP contribution in [0.2, 0.25) is 5.02 Å². The number of H-pyrrole nitrogens is 1. The van der Waals surface area contributed by atoms with Crippen molar-refractivity contribution in [2.24, 2.45) is 0 Å². The van der Waals surface area contributed by atoms with Crippen molar-refractivity contribution in [3.63, 3.8) is 0 Å². The number of rotatable bonds is 0. The van der Waals surface area contributed by atoms with E-state index in [1.54, 1.807) is 12.3 Å². The number of fused-ring (bicyclic) bond motifs is 1. The maximum absolute atomic E-state index is 7.52. The molecule has 0 aliphatic heterocycles. The number of nitrogens with one attached hydrogen (secondary N) is 1. The molecule has 0 bridgehead atoms. The van der Waals surface area contributed by atoms with Gasteiger partial charge in [-0.15, -0.1) is 0 Å². The molecule has 0 unspecified atom stereocenters. The first-order chi connectivity index (χ1) is 5.68. The van der Waals surface area contributed by atoms with E-state index in [1.807, 2.05) is 6.07 Å². The van der Waals surface area contributed by atoms with E-state index in [2.05, 4.69) is 20.9 Å². The molecule has 0 saturated carbocycles. The highest BCUT2D eigenvalue weighted by molar-refractivity contribution is 9.10. The van der Waals surface area contributed by atoms with Crippen LogP contribution in [0, 0.1) is 0 Å². The monoisotopic (exact) mass is 230 g/mol. The highest BCUT2D eigenvalue weighted by Crippen LogP contribution is 2.27. The molecular weight excluding hydrogens is 225 g/mol. The predicted octanol–water partition coefficient (Wildman–Crippen LogP) is 3.58. The highest BCUT2D eigenvalue weighted by Gasteiger charge is 1.99. The Hall–Kier alpha value is -0.470. The maximum Gasteiger partial charge on any atom is 0.0645 e. The summed E-state index contributed by atoms with van der Waals surface area (Å²) in [6, 6.07) is 4.14. The van der Waals surface area contributed by atoms with Gasteiger partial charge >= 0.3 is 0 Å². The van der Waals surface area contributed by atoms with E-state index in [0.717, 1.165) is 15.4 Å². The van der Waals surface area contributed by atoms with E-state index in [-0.39, 0.29) is 0 Å². The first-order valence-corrected chi connectivity index (χ1v) is 4.28. The summed E-state index contributed by atoms with van der Waals surface area (Å²) >= 11 is 9.17. The van der Waals surface area contributed by atoms with Crippen LogP contribution in [0.25, 0.3) is 10.9 Å². The summed E-state index contributed by atoms with van der Waals surface area (Å²) in [5.41, 5.74) is 0.896. The predicted molar refractivity (Wildman–Crippen MR) is 51.0 cm³/mol. The van der Waals surface area contributed by atoms with Crippen molar-refractivity contribution >= 4 is 38.4 Å². The van der Waals surface area contributed by atoms with Crippen molar-refractivity contribution in [1.29, 1.82) is 0 Å². The third kappa shape index (κ3) is 1.17. The van der Waals surface area contributed by atoms with Gasteiger partial charge in [0.25, 0.3) is 0 Å². The number of aromatic nitrogens is 1. The zero-order chi connectivity index (χ0) is 8.72. The molecule has 0 amide bonds. The summed E-state index contributed by atoms with van der Waals surface area (Å²) in [7, 11) is 0. The Kier molecular flexibility index (Phi) is 1.41. The molecule has 0 atom stereocenters. The second kappa shape index (κ2) is 2.54. The Morgan fingerprint density at radius 3 is 3.18 bits per heavy atom. The van der Waals surface area contributed by atoms with Crippen molar-refractivity contribution < 1.29 is 1.37 Å². The van der Waals surface area contributed by atoms with Gasteiger partial charge in [-0.25, -0.2) is 0 Å². The molecule has 0 fully saturated rings. The molecule has 1 nitrogen and oxygen atoms in total. The van der Waals surface area contributed by atoms with Crippen molar-refractivity contribution in [3.05, 3.63) is 33.9 Å².